The Morgan fingerprint density at radius 2 is 1.29 bits per heavy atom. The fourth-order valence-corrected chi connectivity index (χ4v) is 5.48. The molecule has 0 unspecified atom stereocenters. The van der Waals surface area contributed by atoms with E-state index in [0.29, 0.717) is 5.92 Å². The van der Waals surface area contributed by atoms with Crippen LogP contribution in [-0.2, 0) is 0 Å². The van der Waals surface area contributed by atoms with Crippen LogP contribution in [0.4, 0.5) is 0 Å². The Bertz CT molecular complexity index is 510. The van der Waals surface area contributed by atoms with E-state index in [1.165, 1.54) is 121 Å². The van der Waals surface area contributed by atoms with Crippen molar-refractivity contribution in [3.8, 4) is 0 Å². The van der Waals surface area contributed by atoms with Gasteiger partial charge in [0.05, 0.1) is 0 Å². The normalized spacial score (nSPS) is 23.8. The Kier molecular flexibility index (Phi) is 9.80. The fraction of sp³-hybridized carbons (Fsp3) is 0.846. The summed E-state index contributed by atoms with van der Waals surface area (Å²) in [7, 11) is 0. The molecule has 0 amide bonds. The molecule has 0 saturated heterocycles. The minimum Gasteiger partial charge on any atom is -0.241 e. The van der Waals surface area contributed by atoms with Crippen LogP contribution >= 0.6 is 0 Å². The molecule has 1 aromatic rings. The molecule has 1 heterocycles. The van der Waals surface area contributed by atoms with Crippen molar-refractivity contribution in [1.29, 1.82) is 0 Å². The minimum atomic E-state index is 0.630. The second-order valence-electron chi connectivity index (χ2n) is 9.69. The van der Waals surface area contributed by atoms with Gasteiger partial charge in [-0.15, -0.1) is 0 Å². The lowest BCUT2D eigenvalue weighted by Gasteiger charge is -2.28. The van der Waals surface area contributed by atoms with Gasteiger partial charge in [0.15, 0.2) is 0 Å². The van der Waals surface area contributed by atoms with E-state index in [1.807, 2.05) is 0 Å². The van der Waals surface area contributed by atoms with Crippen LogP contribution in [0.1, 0.15) is 146 Å². The summed E-state index contributed by atoms with van der Waals surface area (Å²) in [6.07, 6.45) is 29.6. The van der Waals surface area contributed by atoms with Gasteiger partial charge in [-0.1, -0.05) is 84.0 Å². The molecule has 0 aliphatic heterocycles. The third-order valence-electron chi connectivity index (χ3n) is 7.45. The van der Waals surface area contributed by atoms with E-state index < -0.39 is 0 Å². The van der Waals surface area contributed by atoms with Gasteiger partial charge in [-0.05, 0) is 55.9 Å². The third kappa shape index (κ3) is 7.16. The molecule has 0 atom stereocenters. The molecule has 2 aliphatic rings. The Morgan fingerprint density at radius 1 is 0.679 bits per heavy atom. The zero-order chi connectivity index (χ0) is 19.4. The lowest BCUT2D eigenvalue weighted by Crippen LogP contribution is -2.15. The highest BCUT2D eigenvalue weighted by Gasteiger charge is 2.23. The van der Waals surface area contributed by atoms with Crippen LogP contribution in [0.25, 0.3) is 0 Å². The maximum atomic E-state index is 4.78. The van der Waals surface area contributed by atoms with E-state index in [-0.39, 0.29) is 0 Å². The van der Waals surface area contributed by atoms with Crippen LogP contribution in [0.3, 0.4) is 0 Å². The van der Waals surface area contributed by atoms with Gasteiger partial charge >= 0.3 is 0 Å². The first-order valence-electron chi connectivity index (χ1n) is 12.7. The molecule has 158 valence electrons. The maximum Gasteiger partial charge on any atom is 0.131 e. The highest BCUT2D eigenvalue weighted by molar-refractivity contribution is 5.14. The number of hydrogen-bond donors (Lipinski definition) is 0. The molecule has 28 heavy (non-hydrogen) atoms. The van der Waals surface area contributed by atoms with Crippen molar-refractivity contribution in [1.82, 2.24) is 9.97 Å². The van der Waals surface area contributed by atoms with Gasteiger partial charge in [-0.2, -0.15) is 0 Å². The fourth-order valence-electron chi connectivity index (χ4n) is 5.48. The molecule has 2 heteroatoms. The molecule has 0 N–H and O–H groups in total. The van der Waals surface area contributed by atoms with E-state index in [4.69, 9.17) is 9.97 Å². The zero-order valence-corrected chi connectivity index (χ0v) is 18.5. The average molecular weight is 385 g/mol. The molecular formula is C26H44N2. The Morgan fingerprint density at radius 3 is 1.93 bits per heavy atom. The number of rotatable bonds is 11. The maximum absolute atomic E-state index is 4.78. The van der Waals surface area contributed by atoms with Crippen molar-refractivity contribution in [2.24, 2.45) is 5.92 Å². The van der Waals surface area contributed by atoms with E-state index in [1.54, 1.807) is 0 Å². The van der Waals surface area contributed by atoms with Crippen molar-refractivity contribution < 1.29 is 0 Å². The Hall–Kier alpha value is -0.920. The van der Waals surface area contributed by atoms with Gasteiger partial charge in [-0.3, -0.25) is 0 Å². The summed E-state index contributed by atoms with van der Waals surface area (Å²) in [6, 6.07) is 0. The summed E-state index contributed by atoms with van der Waals surface area (Å²) in [5.41, 5.74) is 1.41. The summed E-state index contributed by atoms with van der Waals surface area (Å²) in [5, 5.41) is 0. The summed E-state index contributed by atoms with van der Waals surface area (Å²) in [6.45, 7) is 2.30. The summed E-state index contributed by atoms with van der Waals surface area (Å²) >= 11 is 0. The van der Waals surface area contributed by atoms with Crippen LogP contribution in [0.2, 0.25) is 0 Å². The average Bonchev–Trinajstić information content (AvgIpc) is 2.77. The van der Waals surface area contributed by atoms with Crippen LogP contribution < -0.4 is 0 Å². The van der Waals surface area contributed by atoms with Gasteiger partial charge in [0.1, 0.15) is 5.82 Å². The second kappa shape index (κ2) is 12.6. The lowest BCUT2D eigenvalue weighted by molar-refractivity contribution is 0.301. The van der Waals surface area contributed by atoms with E-state index in [9.17, 15) is 0 Å². The van der Waals surface area contributed by atoms with Crippen molar-refractivity contribution >= 4 is 0 Å². The predicted molar refractivity (Wildman–Crippen MR) is 120 cm³/mol. The van der Waals surface area contributed by atoms with Gasteiger partial charge in [0, 0.05) is 18.3 Å². The summed E-state index contributed by atoms with van der Waals surface area (Å²) < 4.78 is 0. The molecule has 2 saturated carbocycles. The van der Waals surface area contributed by atoms with Crippen LogP contribution in [0, 0.1) is 5.92 Å². The molecular weight excluding hydrogens is 340 g/mol. The zero-order valence-electron chi connectivity index (χ0n) is 18.5. The SMILES string of the molecule is CCCCCCCCCC[C@H]1CC[C@H](c2cnc(C3CCCCC3)nc2)CC1. The molecule has 0 bridgehead atoms. The van der Waals surface area contributed by atoms with Crippen molar-refractivity contribution in [3.63, 3.8) is 0 Å². The van der Waals surface area contributed by atoms with Crippen LogP contribution in [0.15, 0.2) is 12.4 Å². The lowest BCUT2D eigenvalue weighted by atomic mass is 9.77. The largest absolute Gasteiger partial charge is 0.241 e. The Balaban J connectivity index is 1.29. The van der Waals surface area contributed by atoms with Crippen molar-refractivity contribution in [3.05, 3.63) is 23.8 Å². The quantitative estimate of drug-likeness (QED) is 0.358. The first-order chi connectivity index (χ1) is 13.9. The standard InChI is InChI=1S/C26H44N2/c1-2-3-4-5-6-7-8-10-13-22-16-18-23(19-17-22)25-20-27-26(28-21-25)24-14-11-9-12-15-24/h20-24H,2-19H2,1H3/t22-,23-. The highest BCUT2D eigenvalue weighted by atomic mass is 14.9. The minimum absolute atomic E-state index is 0.630. The summed E-state index contributed by atoms with van der Waals surface area (Å²) in [5.74, 6) is 3.45. The first-order valence-corrected chi connectivity index (χ1v) is 12.7. The predicted octanol–water partition coefficient (Wildman–Crippen LogP) is 8.33. The smallest absolute Gasteiger partial charge is 0.131 e. The molecule has 0 radical (unpaired) electrons. The molecule has 3 rings (SSSR count). The molecule has 2 nitrogen and oxygen atoms in total. The Labute approximate surface area is 174 Å². The number of nitrogens with zero attached hydrogens (tertiary/aromatic N) is 2. The third-order valence-corrected chi connectivity index (χ3v) is 7.45. The second-order valence-corrected chi connectivity index (χ2v) is 9.69. The van der Waals surface area contributed by atoms with E-state index in [0.717, 1.165) is 17.7 Å². The monoisotopic (exact) mass is 384 g/mol. The molecule has 0 aromatic carbocycles. The number of aromatic nitrogens is 2. The van der Waals surface area contributed by atoms with Crippen LogP contribution in [0.5, 0.6) is 0 Å². The molecule has 2 fully saturated rings. The van der Waals surface area contributed by atoms with Gasteiger partial charge in [-0.25, -0.2) is 9.97 Å². The van der Waals surface area contributed by atoms with Crippen LogP contribution in [-0.4, -0.2) is 9.97 Å². The van der Waals surface area contributed by atoms with E-state index in [2.05, 4.69) is 19.3 Å². The number of hydrogen-bond acceptors (Lipinski definition) is 2. The summed E-state index contributed by atoms with van der Waals surface area (Å²) in [4.78, 5) is 9.56. The topological polar surface area (TPSA) is 25.8 Å². The highest BCUT2D eigenvalue weighted by Crippen LogP contribution is 2.38. The molecule has 0 spiro atoms. The van der Waals surface area contributed by atoms with Gasteiger partial charge in [0.2, 0.25) is 0 Å². The van der Waals surface area contributed by atoms with E-state index >= 15 is 0 Å². The van der Waals surface area contributed by atoms with Crippen molar-refractivity contribution in [2.45, 2.75) is 134 Å². The number of unbranched alkanes of at least 4 members (excludes halogenated alkanes) is 7. The first kappa shape index (κ1) is 21.8. The molecule has 1 aromatic heterocycles. The molecule has 2 aliphatic carbocycles. The van der Waals surface area contributed by atoms with Crippen molar-refractivity contribution in [2.75, 3.05) is 0 Å². The van der Waals surface area contributed by atoms with Gasteiger partial charge in [0.25, 0.3) is 0 Å². The van der Waals surface area contributed by atoms with Gasteiger partial charge < -0.3 is 0 Å².